The average molecular weight is 244 g/mol. The maximum Gasteiger partial charge on any atom is 0.135 e. The van der Waals surface area contributed by atoms with Crippen LogP contribution in [0.1, 0.15) is 24.0 Å². The Morgan fingerprint density at radius 3 is 2.72 bits per heavy atom. The van der Waals surface area contributed by atoms with E-state index in [1.54, 1.807) is 13.2 Å². The Kier molecular flexibility index (Phi) is 3.96. The van der Waals surface area contributed by atoms with Gasteiger partial charge in [0.25, 0.3) is 0 Å². The predicted octanol–water partition coefficient (Wildman–Crippen LogP) is 1.73. The molecule has 0 unspecified atom stereocenters. The highest BCUT2D eigenvalue weighted by molar-refractivity contribution is 5.79. The molecule has 1 fully saturated rings. The topological polar surface area (TPSA) is 53.3 Å². The number of methoxy groups -OCH3 is 1. The van der Waals surface area contributed by atoms with E-state index in [0.717, 1.165) is 30.9 Å². The quantitative estimate of drug-likeness (QED) is 0.812. The lowest BCUT2D eigenvalue weighted by Crippen LogP contribution is -2.33. The van der Waals surface area contributed by atoms with Crippen molar-refractivity contribution < 1.29 is 9.53 Å². The first-order chi connectivity index (χ1) is 8.72. The molecule has 0 saturated carbocycles. The smallest absolute Gasteiger partial charge is 0.135 e. The van der Waals surface area contributed by atoms with Gasteiger partial charge < -0.3 is 4.74 Å². The van der Waals surface area contributed by atoms with Gasteiger partial charge in [0.2, 0.25) is 0 Å². The molecule has 18 heavy (non-hydrogen) atoms. The molecule has 0 aromatic heterocycles. The highest BCUT2D eigenvalue weighted by Gasteiger charge is 2.17. The van der Waals surface area contributed by atoms with Gasteiger partial charge in [0, 0.05) is 38.0 Å². The SMILES string of the molecule is COc1ccc(C#N)cc1CN1CCC(=O)CC1. The number of carbonyl (C=O) groups excluding carboxylic acids is 1. The van der Waals surface area contributed by atoms with Crippen LogP contribution in [0, 0.1) is 11.3 Å². The van der Waals surface area contributed by atoms with Crippen LogP contribution in [0.5, 0.6) is 5.75 Å². The third-order valence-electron chi connectivity index (χ3n) is 3.22. The number of ether oxygens (including phenoxy) is 1. The number of likely N-dealkylation sites (tertiary alicyclic amines) is 1. The summed E-state index contributed by atoms with van der Waals surface area (Å²) in [5, 5.41) is 8.92. The van der Waals surface area contributed by atoms with Crippen molar-refractivity contribution in [3.8, 4) is 11.8 Å². The van der Waals surface area contributed by atoms with Gasteiger partial charge in [-0.05, 0) is 18.2 Å². The molecule has 4 nitrogen and oxygen atoms in total. The van der Waals surface area contributed by atoms with Crippen LogP contribution in [-0.4, -0.2) is 30.9 Å². The van der Waals surface area contributed by atoms with Crippen molar-refractivity contribution >= 4 is 5.78 Å². The van der Waals surface area contributed by atoms with Crippen LogP contribution >= 0.6 is 0 Å². The molecule has 0 spiro atoms. The zero-order valence-corrected chi connectivity index (χ0v) is 10.5. The molecule has 0 radical (unpaired) electrons. The average Bonchev–Trinajstić information content (AvgIpc) is 2.41. The zero-order valence-electron chi connectivity index (χ0n) is 10.5. The lowest BCUT2D eigenvalue weighted by molar-refractivity contribution is -0.121. The van der Waals surface area contributed by atoms with Crippen molar-refractivity contribution in [1.29, 1.82) is 5.26 Å². The van der Waals surface area contributed by atoms with Crippen molar-refractivity contribution in [3.05, 3.63) is 29.3 Å². The van der Waals surface area contributed by atoms with Gasteiger partial charge in [0.1, 0.15) is 11.5 Å². The Labute approximate surface area is 107 Å². The normalized spacial score (nSPS) is 16.3. The standard InChI is InChI=1S/C14H16N2O2/c1-18-14-3-2-11(9-15)8-12(14)10-16-6-4-13(17)5-7-16/h2-3,8H,4-7,10H2,1H3. The fourth-order valence-electron chi connectivity index (χ4n) is 2.17. The minimum Gasteiger partial charge on any atom is -0.496 e. The molecular weight excluding hydrogens is 228 g/mol. The van der Waals surface area contributed by atoms with E-state index >= 15 is 0 Å². The molecule has 1 aromatic carbocycles. The largest absolute Gasteiger partial charge is 0.496 e. The number of ketones is 1. The summed E-state index contributed by atoms with van der Waals surface area (Å²) in [6, 6.07) is 7.57. The molecule has 1 heterocycles. The second kappa shape index (κ2) is 5.65. The van der Waals surface area contributed by atoms with E-state index in [-0.39, 0.29) is 0 Å². The van der Waals surface area contributed by atoms with E-state index < -0.39 is 0 Å². The van der Waals surface area contributed by atoms with Crippen LogP contribution in [0.2, 0.25) is 0 Å². The van der Waals surface area contributed by atoms with Gasteiger partial charge in [0.05, 0.1) is 18.7 Å². The number of nitrogens with zero attached hydrogens (tertiary/aromatic N) is 2. The highest BCUT2D eigenvalue weighted by atomic mass is 16.5. The molecule has 1 aromatic rings. The Morgan fingerprint density at radius 2 is 2.11 bits per heavy atom. The Morgan fingerprint density at radius 1 is 1.39 bits per heavy atom. The first kappa shape index (κ1) is 12.6. The summed E-state index contributed by atoms with van der Waals surface area (Å²) in [5.74, 6) is 1.13. The maximum atomic E-state index is 11.2. The van der Waals surface area contributed by atoms with Crippen LogP contribution in [0.4, 0.5) is 0 Å². The van der Waals surface area contributed by atoms with Gasteiger partial charge in [0.15, 0.2) is 0 Å². The van der Waals surface area contributed by atoms with Crippen molar-refractivity contribution in [3.63, 3.8) is 0 Å². The molecule has 4 heteroatoms. The lowest BCUT2D eigenvalue weighted by atomic mass is 10.1. The van der Waals surface area contributed by atoms with E-state index in [1.807, 2.05) is 12.1 Å². The molecule has 0 aliphatic carbocycles. The monoisotopic (exact) mass is 244 g/mol. The van der Waals surface area contributed by atoms with Gasteiger partial charge in [-0.15, -0.1) is 0 Å². The third-order valence-corrected chi connectivity index (χ3v) is 3.22. The van der Waals surface area contributed by atoms with E-state index in [2.05, 4.69) is 11.0 Å². The number of benzene rings is 1. The first-order valence-corrected chi connectivity index (χ1v) is 6.04. The molecule has 0 amide bonds. The molecule has 0 N–H and O–H groups in total. The number of carbonyl (C=O) groups is 1. The van der Waals surface area contributed by atoms with E-state index in [0.29, 0.717) is 24.2 Å². The van der Waals surface area contributed by atoms with Crippen LogP contribution in [0.15, 0.2) is 18.2 Å². The van der Waals surface area contributed by atoms with Crippen LogP contribution in [-0.2, 0) is 11.3 Å². The molecule has 1 saturated heterocycles. The van der Waals surface area contributed by atoms with Crippen LogP contribution in [0.3, 0.4) is 0 Å². The van der Waals surface area contributed by atoms with Gasteiger partial charge in [-0.1, -0.05) is 0 Å². The van der Waals surface area contributed by atoms with Crippen LogP contribution in [0.25, 0.3) is 0 Å². The summed E-state index contributed by atoms with van der Waals surface area (Å²) in [4.78, 5) is 13.4. The van der Waals surface area contributed by atoms with E-state index in [9.17, 15) is 4.79 Å². The molecular formula is C14H16N2O2. The summed E-state index contributed by atoms with van der Waals surface area (Å²) in [6.45, 7) is 2.31. The van der Waals surface area contributed by atoms with Crippen molar-refractivity contribution in [2.75, 3.05) is 20.2 Å². The second-order valence-electron chi connectivity index (χ2n) is 4.45. The van der Waals surface area contributed by atoms with Gasteiger partial charge in [-0.2, -0.15) is 5.26 Å². The van der Waals surface area contributed by atoms with Crippen LogP contribution < -0.4 is 4.74 Å². The maximum absolute atomic E-state index is 11.2. The summed E-state index contributed by atoms with van der Waals surface area (Å²) in [6.07, 6.45) is 1.25. The number of piperidine rings is 1. The van der Waals surface area contributed by atoms with Crippen molar-refractivity contribution in [2.45, 2.75) is 19.4 Å². The Balaban J connectivity index is 2.12. The predicted molar refractivity (Wildman–Crippen MR) is 67.2 cm³/mol. The summed E-state index contributed by atoms with van der Waals surface area (Å²) < 4.78 is 5.30. The van der Waals surface area contributed by atoms with Gasteiger partial charge in [-0.25, -0.2) is 0 Å². The minimum absolute atomic E-state index is 0.337. The number of hydrogen-bond acceptors (Lipinski definition) is 4. The fraction of sp³-hybridized carbons (Fsp3) is 0.429. The van der Waals surface area contributed by atoms with Gasteiger partial charge in [-0.3, -0.25) is 9.69 Å². The Hall–Kier alpha value is -1.86. The fourth-order valence-corrected chi connectivity index (χ4v) is 2.17. The molecule has 1 aliphatic rings. The van der Waals surface area contributed by atoms with Crippen molar-refractivity contribution in [2.24, 2.45) is 0 Å². The summed E-state index contributed by atoms with van der Waals surface area (Å²) in [5.41, 5.74) is 1.64. The molecule has 0 atom stereocenters. The summed E-state index contributed by atoms with van der Waals surface area (Å²) >= 11 is 0. The first-order valence-electron chi connectivity index (χ1n) is 6.04. The van der Waals surface area contributed by atoms with E-state index in [1.165, 1.54) is 0 Å². The third kappa shape index (κ3) is 2.88. The number of Topliss-reactive ketones (excluding diaryl/α,β-unsaturated/α-hetero) is 1. The molecule has 0 bridgehead atoms. The molecule has 94 valence electrons. The van der Waals surface area contributed by atoms with Gasteiger partial charge >= 0.3 is 0 Å². The lowest BCUT2D eigenvalue weighted by Gasteiger charge is -2.26. The Bertz CT molecular complexity index is 481. The zero-order chi connectivity index (χ0) is 13.0. The highest BCUT2D eigenvalue weighted by Crippen LogP contribution is 2.22. The second-order valence-corrected chi connectivity index (χ2v) is 4.45. The van der Waals surface area contributed by atoms with E-state index in [4.69, 9.17) is 10.00 Å². The summed E-state index contributed by atoms with van der Waals surface area (Å²) in [7, 11) is 1.63. The number of rotatable bonds is 3. The number of hydrogen-bond donors (Lipinski definition) is 0. The van der Waals surface area contributed by atoms with Crippen molar-refractivity contribution in [1.82, 2.24) is 4.90 Å². The minimum atomic E-state index is 0.337. The molecule has 1 aliphatic heterocycles. The number of nitriles is 1. The molecule has 2 rings (SSSR count).